The van der Waals surface area contributed by atoms with Crippen LogP contribution in [0.25, 0.3) is 0 Å². The summed E-state index contributed by atoms with van der Waals surface area (Å²) in [4.78, 5) is 11.0. The zero-order valence-electron chi connectivity index (χ0n) is 10.3. The highest BCUT2D eigenvalue weighted by molar-refractivity contribution is 5.66. The second-order valence-electron chi connectivity index (χ2n) is 5.59. The van der Waals surface area contributed by atoms with Gasteiger partial charge in [-0.15, -0.1) is 0 Å². The lowest BCUT2D eigenvalue weighted by atomic mass is 9.70. The van der Waals surface area contributed by atoms with E-state index in [1.54, 1.807) is 0 Å². The summed E-state index contributed by atoms with van der Waals surface area (Å²) in [6.45, 7) is 12.2. The van der Waals surface area contributed by atoms with E-state index < -0.39 is 0 Å². The van der Waals surface area contributed by atoms with Gasteiger partial charge < -0.3 is 4.74 Å². The Labute approximate surface area is 92.7 Å². The summed E-state index contributed by atoms with van der Waals surface area (Å²) in [5.41, 5.74) is 1.37. The first kappa shape index (κ1) is 12.3. The Kier molecular flexibility index (Phi) is 3.58. The third-order valence-electron chi connectivity index (χ3n) is 3.30. The highest BCUT2D eigenvalue weighted by Gasteiger charge is 2.33. The molecule has 86 valence electrons. The van der Waals surface area contributed by atoms with E-state index in [4.69, 9.17) is 4.74 Å². The third-order valence-corrected chi connectivity index (χ3v) is 3.30. The minimum Gasteiger partial charge on any atom is -0.458 e. The van der Waals surface area contributed by atoms with Crippen molar-refractivity contribution in [1.29, 1.82) is 0 Å². The molecular formula is C13H22O2. The van der Waals surface area contributed by atoms with Gasteiger partial charge in [0.25, 0.3) is 0 Å². The van der Waals surface area contributed by atoms with Crippen molar-refractivity contribution in [2.75, 3.05) is 0 Å². The smallest absolute Gasteiger partial charge is 0.303 e. The van der Waals surface area contributed by atoms with Gasteiger partial charge in [-0.05, 0) is 36.2 Å². The molecule has 2 heteroatoms. The lowest BCUT2D eigenvalue weighted by molar-refractivity contribution is -0.146. The Morgan fingerprint density at radius 3 is 2.53 bits per heavy atom. The van der Waals surface area contributed by atoms with Gasteiger partial charge in [-0.3, -0.25) is 4.79 Å². The Morgan fingerprint density at radius 1 is 1.47 bits per heavy atom. The quantitative estimate of drug-likeness (QED) is 0.490. The summed E-state index contributed by atoms with van der Waals surface area (Å²) in [5.74, 6) is 0.419. The molecule has 1 rings (SSSR count). The summed E-state index contributed by atoms with van der Waals surface area (Å²) < 4.78 is 5.29. The van der Waals surface area contributed by atoms with Crippen molar-refractivity contribution >= 4 is 5.97 Å². The fourth-order valence-corrected chi connectivity index (χ4v) is 2.18. The van der Waals surface area contributed by atoms with Crippen LogP contribution in [0.5, 0.6) is 0 Å². The van der Waals surface area contributed by atoms with Gasteiger partial charge in [0.1, 0.15) is 6.10 Å². The van der Waals surface area contributed by atoms with Crippen LogP contribution in [-0.4, -0.2) is 12.1 Å². The maximum absolute atomic E-state index is 11.0. The SMILES string of the molecule is C=C1CC[C@@H](C(C)(C)C)C[C@@H]1OC(C)=O. The molecule has 1 fully saturated rings. The lowest BCUT2D eigenvalue weighted by Gasteiger charge is -2.38. The molecule has 1 saturated carbocycles. The van der Waals surface area contributed by atoms with E-state index in [2.05, 4.69) is 27.4 Å². The van der Waals surface area contributed by atoms with Gasteiger partial charge >= 0.3 is 5.97 Å². The molecule has 0 bridgehead atoms. The normalized spacial score (nSPS) is 27.6. The minimum atomic E-state index is -0.198. The molecule has 2 nitrogen and oxygen atoms in total. The van der Waals surface area contributed by atoms with Crippen LogP contribution in [0.3, 0.4) is 0 Å². The average molecular weight is 210 g/mol. The van der Waals surface area contributed by atoms with Gasteiger partial charge in [-0.2, -0.15) is 0 Å². The molecule has 0 aromatic rings. The largest absolute Gasteiger partial charge is 0.458 e. The number of carbonyl (C=O) groups is 1. The van der Waals surface area contributed by atoms with Gasteiger partial charge in [0.2, 0.25) is 0 Å². The molecule has 15 heavy (non-hydrogen) atoms. The Hall–Kier alpha value is -0.790. The molecule has 0 heterocycles. The zero-order valence-corrected chi connectivity index (χ0v) is 10.3. The predicted octanol–water partition coefficient (Wildman–Crippen LogP) is 3.32. The van der Waals surface area contributed by atoms with Crippen LogP contribution < -0.4 is 0 Å². The molecule has 1 aliphatic carbocycles. The summed E-state index contributed by atoms with van der Waals surface area (Å²) >= 11 is 0. The molecule has 2 atom stereocenters. The van der Waals surface area contributed by atoms with Gasteiger partial charge in [-0.25, -0.2) is 0 Å². The van der Waals surface area contributed by atoms with Crippen LogP contribution in [0.2, 0.25) is 0 Å². The fraction of sp³-hybridized carbons (Fsp3) is 0.769. The maximum atomic E-state index is 11.0. The number of esters is 1. The topological polar surface area (TPSA) is 26.3 Å². The molecule has 0 unspecified atom stereocenters. The molecule has 0 spiro atoms. The van der Waals surface area contributed by atoms with Crippen molar-refractivity contribution < 1.29 is 9.53 Å². The molecule has 0 aromatic heterocycles. The first-order valence-corrected chi connectivity index (χ1v) is 5.65. The van der Waals surface area contributed by atoms with Gasteiger partial charge in [0.15, 0.2) is 0 Å². The van der Waals surface area contributed by atoms with Crippen LogP contribution >= 0.6 is 0 Å². The highest BCUT2D eigenvalue weighted by atomic mass is 16.5. The summed E-state index contributed by atoms with van der Waals surface area (Å²) in [5, 5.41) is 0. The number of ether oxygens (including phenoxy) is 1. The number of hydrogen-bond donors (Lipinski definition) is 0. The van der Waals surface area contributed by atoms with Crippen molar-refractivity contribution in [1.82, 2.24) is 0 Å². The van der Waals surface area contributed by atoms with E-state index >= 15 is 0 Å². The molecular weight excluding hydrogens is 188 g/mol. The third kappa shape index (κ3) is 3.37. The second kappa shape index (κ2) is 4.38. The van der Waals surface area contributed by atoms with Gasteiger partial charge in [0, 0.05) is 6.92 Å². The standard InChI is InChI=1S/C13H22O2/c1-9-6-7-11(13(3,4)5)8-12(9)15-10(2)14/h11-12H,1,6-8H2,2-5H3/t11-,12+/m1/s1. The van der Waals surface area contributed by atoms with E-state index in [1.807, 2.05) is 0 Å². The summed E-state index contributed by atoms with van der Waals surface area (Å²) in [7, 11) is 0. The second-order valence-corrected chi connectivity index (χ2v) is 5.59. The minimum absolute atomic E-state index is 0.0551. The van der Waals surface area contributed by atoms with Crippen molar-refractivity contribution in [2.24, 2.45) is 11.3 Å². The average Bonchev–Trinajstić information content (AvgIpc) is 2.06. The molecule has 0 radical (unpaired) electrons. The van der Waals surface area contributed by atoms with Crippen molar-refractivity contribution in [3.05, 3.63) is 12.2 Å². The van der Waals surface area contributed by atoms with Crippen LogP contribution in [0.1, 0.15) is 47.0 Å². The number of rotatable bonds is 1. The molecule has 0 aliphatic heterocycles. The molecule has 0 amide bonds. The van der Waals surface area contributed by atoms with Gasteiger partial charge in [0.05, 0.1) is 0 Å². The Morgan fingerprint density at radius 2 is 2.07 bits per heavy atom. The molecule has 0 aromatic carbocycles. The van der Waals surface area contributed by atoms with Crippen LogP contribution in [0.4, 0.5) is 0 Å². The van der Waals surface area contributed by atoms with E-state index in [9.17, 15) is 4.79 Å². The van der Waals surface area contributed by atoms with Crippen LogP contribution in [0, 0.1) is 11.3 Å². The number of carbonyl (C=O) groups excluding carboxylic acids is 1. The Balaban J connectivity index is 2.64. The maximum Gasteiger partial charge on any atom is 0.303 e. The van der Waals surface area contributed by atoms with E-state index in [0.717, 1.165) is 18.4 Å². The van der Waals surface area contributed by atoms with Crippen LogP contribution in [-0.2, 0) is 9.53 Å². The zero-order chi connectivity index (χ0) is 11.6. The van der Waals surface area contributed by atoms with Crippen molar-refractivity contribution in [3.63, 3.8) is 0 Å². The van der Waals surface area contributed by atoms with E-state index in [-0.39, 0.29) is 12.1 Å². The summed E-state index contributed by atoms with van der Waals surface area (Å²) in [6.07, 6.45) is 3.03. The lowest BCUT2D eigenvalue weighted by Crippen LogP contribution is -2.32. The van der Waals surface area contributed by atoms with Crippen molar-refractivity contribution in [3.8, 4) is 0 Å². The fourth-order valence-electron chi connectivity index (χ4n) is 2.18. The first-order valence-electron chi connectivity index (χ1n) is 5.65. The molecule has 0 saturated heterocycles. The first-order chi connectivity index (χ1) is 6.80. The molecule has 1 aliphatic rings. The van der Waals surface area contributed by atoms with E-state index in [1.165, 1.54) is 13.3 Å². The van der Waals surface area contributed by atoms with Crippen LogP contribution in [0.15, 0.2) is 12.2 Å². The van der Waals surface area contributed by atoms with Crippen molar-refractivity contribution in [2.45, 2.75) is 53.1 Å². The highest BCUT2D eigenvalue weighted by Crippen LogP contribution is 2.40. The van der Waals surface area contributed by atoms with E-state index in [0.29, 0.717) is 11.3 Å². The predicted molar refractivity (Wildman–Crippen MR) is 61.5 cm³/mol. The molecule has 0 N–H and O–H groups in total. The van der Waals surface area contributed by atoms with Gasteiger partial charge in [-0.1, -0.05) is 27.4 Å². The summed E-state index contributed by atoms with van der Waals surface area (Å²) in [6, 6.07) is 0. The number of hydrogen-bond acceptors (Lipinski definition) is 2. The monoisotopic (exact) mass is 210 g/mol. The Bertz CT molecular complexity index is 260.